The molecule has 1 aliphatic carbocycles. The first-order valence-electron chi connectivity index (χ1n) is 6.17. The van der Waals surface area contributed by atoms with Crippen molar-refractivity contribution in [1.82, 2.24) is 0 Å². The van der Waals surface area contributed by atoms with Crippen molar-refractivity contribution in [2.45, 2.75) is 38.6 Å². The van der Waals surface area contributed by atoms with Gasteiger partial charge in [-0.05, 0) is 37.8 Å². The van der Waals surface area contributed by atoms with Gasteiger partial charge in [0.25, 0.3) is 0 Å². The number of hydrogen-bond acceptors (Lipinski definition) is 3. The fraction of sp³-hybridized carbons (Fsp3) is 0.500. The van der Waals surface area contributed by atoms with E-state index in [1.807, 2.05) is 12.1 Å². The van der Waals surface area contributed by atoms with Gasteiger partial charge in [-0.25, -0.2) is 0 Å². The summed E-state index contributed by atoms with van der Waals surface area (Å²) in [5.41, 5.74) is 2.16. The summed E-state index contributed by atoms with van der Waals surface area (Å²) in [6.45, 7) is 0.575. The van der Waals surface area contributed by atoms with Gasteiger partial charge in [0.1, 0.15) is 11.5 Å². The Morgan fingerprint density at radius 3 is 2.65 bits per heavy atom. The molecule has 0 amide bonds. The van der Waals surface area contributed by atoms with E-state index in [4.69, 9.17) is 4.74 Å². The van der Waals surface area contributed by atoms with Crippen LogP contribution in [0.2, 0.25) is 0 Å². The highest BCUT2D eigenvalue weighted by atomic mass is 16.5. The third-order valence-electron chi connectivity index (χ3n) is 3.20. The maximum absolute atomic E-state index is 9.80. The van der Waals surface area contributed by atoms with Gasteiger partial charge in [0.15, 0.2) is 0 Å². The third kappa shape index (κ3) is 3.22. The summed E-state index contributed by atoms with van der Waals surface area (Å²) in [4.78, 5) is 4.59. The second-order valence-corrected chi connectivity index (χ2v) is 4.44. The summed E-state index contributed by atoms with van der Waals surface area (Å²) in [5, 5.41) is 9.80. The fourth-order valence-corrected chi connectivity index (χ4v) is 2.12. The van der Waals surface area contributed by atoms with E-state index >= 15 is 0 Å². The van der Waals surface area contributed by atoms with E-state index in [0.717, 1.165) is 18.4 Å². The van der Waals surface area contributed by atoms with Crippen molar-refractivity contribution in [1.29, 1.82) is 0 Å². The van der Waals surface area contributed by atoms with Gasteiger partial charge in [-0.3, -0.25) is 4.99 Å². The van der Waals surface area contributed by atoms with Gasteiger partial charge in [0, 0.05) is 17.3 Å². The molecular formula is C14H19NO2. The monoisotopic (exact) mass is 233 g/mol. The minimum atomic E-state index is 0.268. The Labute approximate surface area is 102 Å². The summed E-state index contributed by atoms with van der Waals surface area (Å²) in [6.07, 6.45) is 6.08. The van der Waals surface area contributed by atoms with Crippen LogP contribution in [-0.2, 0) is 6.54 Å². The lowest BCUT2D eigenvalue weighted by Gasteiger charge is -2.12. The minimum absolute atomic E-state index is 0.268. The summed E-state index contributed by atoms with van der Waals surface area (Å²) < 4.78 is 5.05. The number of methoxy groups -OCH3 is 1. The largest absolute Gasteiger partial charge is 0.507 e. The van der Waals surface area contributed by atoms with Crippen LogP contribution in [0.15, 0.2) is 23.2 Å². The molecule has 0 saturated heterocycles. The molecule has 0 bridgehead atoms. The lowest BCUT2D eigenvalue weighted by molar-refractivity contribution is 0.406. The molecule has 0 atom stereocenters. The van der Waals surface area contributed by atoms with Crippen molar-refractivity contribution in [3.63, 3.8) is 0 Å². The van der Waals surface area contributed by atoms with Gasteiger partial charge in [0.2, 0.25) is 0 Å². The molecule has 1 fully saturated rings. The zero-order chi connectivity index (χ0) is 12.1. The molecule has 1 aromatic carbocycles. The maximum Gasteiger partial charge on any atom is 0.124 e. The van der Waals surface area contributed by atoms with E-state index in [0.29, 0.717) is 12.3 Å². The van der Waals surface area contributed by atoms with Gasteiger partial charge in [0.05, 0.1) is 13.7 Å². The first-order valence-corrected chi connectivity index (χ1v) is 6.17. The number of rotatable bonds is 3. The highest BCUT2D eigenvalue weighted by molar-refractivity contribution is 5.85. The van der Waals surface area contributed by atoms with Crippen LogP contribution in [0.5, 0.6) is 11.5 Å². The predicted molar refractivity (Wildman–Crippen MR) is 68.9 cm³/mol. The highest BCUT2D eigenvalue weighted by Gasteiger charge is 2.07. The van der Waals surface area contributed by atoms with E-state index in [2.05, 4.69) is 4.99 Å². The van der Waals surface area contributed by atoms with Crippen molar-refractivity contribution in [3.05, 3.63) is 23.8 Å². The molecule has 17 heavy (non-hydrogen) atoms. The first kappa shape index (κ1) is 12.0. The molecule has 0 spiro atoms. The number of benzene rings is 1. The van der Waals surface area contributed by atoms with Gasteiger partial charge in [-0.1, -0.05) is 6.42 Å². The van der Waals surface area contributed by atoms with Crippen LogP contribution < -0.4 is 4.74 Å². The molecule has 3 heteroatoms. The molecule has 92 valence electrons. The van der Waals surface area contributed by atoms with Gasteiger partial charge < -0.3 is 9.84 Å². The molecular weight excluding hydrogens is 214 g/mol. The second kappa shape index (κ2) is 5.71. The van der Waals surface area contributed by atoms with Crippen LogP contribution in [0, 0.1) is 0 Å². The molecule has 0 radical (unpaired) electrons. The number of aliphatic imine (C=N–C) groups is 1. The van der Waals surface area contributed by atoms with Crippen molar-refractivity contribution in [2.24, 2.45) is 4.99 Å². The van der Waals surface area contributed by atoms with E-state index in [-0.39, 0.29) is 5.75 Å². The number of phenols is 1. The van der Waals surface area contributed by atoms with Crippen molar-refractivity contribution >= 4 is 5.71 Å². The standard InChI is InChI=1S/C14H19NO2/c1-17-13-8-7-11(14(16)9-13)10-15-12-5-3-2-4-6-12/h7-9,16H,2-6,10H2,1H3. The molecule has 2 rings (SSSR count). The Balaban J connectivity index is 2.03. The zero-order valence-electron chi connectivity index (χ0n) is 10.3. The van der Waals surface area contributed by atoms with Crippen LogP contribution in [0.3, 0.4) is 0 Å². The quantitative estimate of drug-likeness (QED) is 0.870. The SMILES string of the molecule is COc1ccc(CN=C2CCCCC2)c(O)c1. The average Bonchev–Trinajstić information content (AvgIpc) is 2.38. The molecule has 0 aromatic heterocycles. The molecule has 1 N–H and O–H groups in total. The average molecular weight is 233 g/mol. The molecule has 3 nitrogen and oxygen atoms in total. The van der Waals surface area contributed by atoms with Gasteiger partial charge in [-0.2, -0.15) is 0 Å². The molecule has 1 saturated carbocycles. The van der Waals surface area contributed by atoms with Crippen LogP contribution in [0.4, 0.5) is 0 Å². The Bertz CT molecular complexity index is 405. The number of hydrogen-bond donors (Lipinski definition) is 1. The molecule has 1 aliphatic rings. The molecule has 0 unspecified atom stereocenters. The van der Waals surface area contributed by atoms with Crippen LogP contribution in [0.1, 0.15) is 37.7 Å². The molecule has 0 aliphatic heterocycles. The Morgan fingerprint density at radius 2 is 2.00 bits per heavy atom. The zero-order valence-corrected chi connectivity index (χ0v) is 10.3. The predicted octanol–water partition coefficient (Wildman–Crippen LogP) is 3.31. The van der Waals surface area contributed by atoms with Gasteiger partial charge in [-0.15, -0.1) is 0 Å². The Hall–Kier alpha value is -1.51. The minimum Gasteiger partial charge on any atom is -0.507 e. The Kier molecular flexibility index (Phi) is 4.02. The molecule has 1 aromatic rings. The van der Waals surface area contributed by atoms with Crippen molar-refractivity contribution < 1.29 is 9.84 Å². The van der Waals surface area contributed by atoms with Gasteiger partial charge >= 0.3 is 0 Å². The summed E-state index contributed by atoms with van der Waals surface area (Å²) >= 11 is 0. The number of aromatic hydroxyl groups is 1. The summed E-state index contributed by atoms with van der Waals surface area (Å²) in [6, 6.07) is 5.37. The highest BCUT2D eigenvalue weighted by Crippen LogP contribution is 2.24. The number of nitrogens with zero attached hydrogens (tertiary/aromatic N) is 1. The van der Waals surface area contributed by atoms with Crippen LogP contribution in [-0.4, -0.2) is 17.9 Å². The van der Waals surface area contributed by atoms with Crippen molar-refractivity contribution in [3.8, 4) is 11.5 Å². The first-order chi connectivity index (χ1) is 8.29. The van der Waals surface area contributed by atoms with Crippen molar-refractivity contribution in [2.75, 3.05) is 7.11 Å². The number of phenolic OH excluding ortho intramolecular Hbond substituents is 1. The maximum atomic E-state index is 9.80. The third-order valence-corrected chi connectivity index (χ3v) is 3.20. The topological polar surface area (TPSA) is 41.8 Å². The lowest BCUT2D eigenvalue weighted by Crippen LogP contribution is -2.05. The fourth-order valence-electron chi connectivity index (χ4n) is 2.12. The van der Waals surface area contributed by atoms with E-state index < -0.39 is 0 Å². The summed E-state index contributed by atoms with van der Waals surface area (Å²) in [5.74, 6) is 0.945. The summed E-state index contributed by atoms with van der Waals surface area (Å²) in [7, 11) is 1.59. The van der Waals surface area contributed by atoms with Crippen LogP contribution in [0.25, 0.3) is 0 Å². The van der Waals surface area contributed by atoms with E-state index in [9.17, 15) is 5.11 Å². The van der Waals surface area contributed by atoms with E-state index in [1.54, 1.807) is 13.2 Å². The smallest absolute Gasteiger partial charge is 0.124 e. The molecule has 0 heterocycles. The second-order valence-electron chi connectivity index (χ2n) is 4.44. The Morgan fingerprint density at radius 1 is 1.24 bits per heavy atom. The normalized spacial score (nSPS) is 15.7. The number of ether oxygens (including phenoxy) is 1. The lowest BCUT2D eigenvalue weighted by atomic mass is 9.98. The van der Waals surface area contributed by atoms with E-state index in [1.165, 1.54) is 25.0 Å². The van der Waals surface area contributed by atoms with Crippen LogP contribution >= 0.6 is 0 Å².